The molecule has 0 aliphatic rings. The smallest absolute Gasteiger partial charge is 0.240 e. The van der Waals surface area contributed by atoms with Gasteiger partial charge in [0.15, 0.2) is 5.03 Å². The van der Waals surface area contributed by atoms with Crippen LogP contribution in [0.3, 0.4) is 0 Å². The average Bonchev–Trinajstić information content (AvgIpc) is 2.42. The Morgan fingerprint density at radius 3 is 2.52 bits per heavy atom. The number of hydrazone groups is 1. The van der Waals surface area contributed by atoms with Crippen molar-refractivity contribution >= 4 is 27.0 Å². The van der Waals surface area contributed by atoms with Crippen molar-refractivity contribution in [3.8, 4) is 0 Å². The molecule has 2 N–H and O–H groups in total. The van der Waals surface area contributed by atoms with Crippen molar-refractivity contribution in [1.29, 1.82) is 0 Å². The topological polar surface area (TPSA) is 114 Å². The molecule has 21 heavy (non-hydrogen) atoms. The van der Waals surface area contributed by atoms with Gasteiger partial charge in [-0.1, -0.05) is 29.5 Å². The molecule has 0 atom stereocenters. The summed E-state index contributed by atoms with van der Waals surface area (Å²) >= 11 is 1.06. The van der Waals surface area contributed by atoms with Crippen LogP contribution >= 0.6 is 11.8 Å². The minimum Gasteiger partial charge on any atom is -0.363 e. The third-order valence-electron chi connectivity index (χ3n) is 2.35. The highest BCUT2D eigenvalue weighted by atomic mass is 32.2. The molecule has 0 unspecified atom stereocenters. The van der Waals surface area contributed by atoms with E-state index >= 15 is 0 Å². The van der Waals surface area contributed by atoms with E-state index in [1.54, 1.807) is 12.1 Å². The molecule has 0 amide bonds. The second-order valence-corrected chi connectivity index (χ2v) is 6.80. The summed E-state index contributed by atoms with van der Waals surface area (Å²) < 4.78 is 26.3. The molecule has 0 aliphatic heterocycles. The molecule has 1 aromatic rings. The molecule has 0 bridgehead atoms. The van der Waals surface area contributed by atoms with Gasteiger partial charge >= 0.3 is 0 Å². The van der Waals surface area contributed by atoms with E-state index in [9.17, 15) is 18.5 Å². The van der Waals surface area contributed by atoms with Gasteiger partial charge in [0.05, 0.1) is 10.00 Å². The Labute approximate surface area is 127 Å². The van der Waals surface area contributed by atoms with Gasteiger partial charge in [-0.25, -0.2) is 23.3 Å². The lowest BCUT2D eigenvalue weighted by atomic mass is 10.2. The third-order valence-corrected chi connectivity index (χ3v) is 4.79. The third kappa shape index (κ3) is 6.10. The lowest BCUT2D eigenvalue weighted by Crippen LogP contribution is -2.27. The maximum absolute atomic E-state index is 12.0. The van der Waals surface area contributed by atoms with Gasteiger partial charge in [-0.05, 0) is 19.1 Å². The van der Waals surface area contributed by atoms with Crippen LogP contribution in [0.4, 0.5) is 0 Å². The number of nitro groups is 1. The van der Waals surface area contributed by atoms with Crippen molar-refractivity contribution in [2.75, 3.05) is 19.3 Å². The fourth-order valence-corrected chi connectivity index (χ4v) is 3.18. The van der Waals surface area contributed by atoms with E-state index in [1.165, 1.54) is 19.2 Å². The molecular weight excluding hydrogens is 316 g/mol. The van der Waals surface area contributed by atoms with Crippen molar-refractivity contribution in [1.82, 2.24) is 10.0 Å². The predicted molar refractivity (Wildman–Crippen MR) is 82.3 cm³/mol. The predicted octanol–water partition coefficient (Wildman–Crippen LogP) is 0.774. The number of nitrogens with zero attached hydrogens (tertiary/aromatic N) is 2. The van der Waals surface area contributed by atoms with Crippen LogP contribution in [0, 0.1) is 17.0 Å². The van der Waals surface area contributed by atoms with Crippen LogP contribution < -0.4 is 10.0 Å². The van der Waals surface area contributed by atoms with Gasteiger partial charge in [0.25, 0.3) is 0 Å². The fourth-order valence-electron chi connectivity index (χ4n) is 1.35. The summed E-state index contributed by atoms with van der Waals surface area (Å²) in [4.78, 5) is 10.4. The summed E-state index contributed by atoms with van der Waals surface area (Å²) in [7, 11) is -2.06. The van der Waals surface area contributed by atoms with Crippen LogP contribution in [0.1, 0.15) is 5.56 Å². The van der Waals surface area contributed by atoms with Crippen LogP contribution in [0.25, 0.3) is 0 Å². The molecule has 0 aliphatic carbocycles. The van der Waals surface area contributed by atoms with E-state index in [0.29, 0.717) is 5.75 Å². The molecule has 1 aromatic carbocycles. The summed E-state index contributed by atoms with van der Waals surface area (Å²) in [6.45, 7) is 2.01. The molecule has 1 rings (SSSR count). The highest BCUT2D eigenvalue weighted by molar-refractivity contribution is 8.13. The standard InChI is InChI=1S/C11H16N4O4S2/c1-9-3-5-10(6-4-9)21(18,19)13-7-8-20-11(12-2)14-15(16)17/h3-6,13H,7-8H2,1-2H3,(H,12,14). The fraction of sp³-hybridized carbons (Fsp3) is 0.364. The van der Waals surface area contributed by atoms with Gasteiger partial charge in [0, 0.05) is 19.3 Å². The largest absolute Gasteiger partial charge is 0.363 e. The summed E-state index contributed by atoms with van der Waals surface area (Å²) in [5.41, 5.74) is 0.971. The Morgan fingerprint density at radius 2 is 2.00 bits per heavy atom. The van der Waals surface area contributed by atoms with E-state index in [-0.39, 0.29) is 16.6 Å². The van der Waals surface area contributed by atoms with Crippen molar-refractivity contribution in [3.05, 3.63) is 39.9 Å². The quantitative estimate of drug-likeness (QED) is 0.261. The zero-order chi connectivity index (χ0) is 15.9. The summed E-state index contributed by atoms with van der Waals surface area (Å²) in [5, 5.41) is 15.2. The van der Waals surface area contributed by atoms with Crippen molar-refractivity contribution in [3.63, 3.8) is 0 Å². The van der Waals surface area contributed by atoms with Gasteiger partial charge in [0.1, 0.15) is 0 Å². The monoisotopic (exact) mass is 332 g/mol. The van der Waals surface area contributed by atoms with Gasteiger partial charge in [-0.15, -0.1) is 0 Å². The Bertz CT molecular complexity index is 614. The highest BCUT2D eigenvalue weighted by Crippen LogP contribution is 2.10. The van der Waals surface area contributed by atoms with Gasteiger partial charge < -0.3 is 5.32 Å². The van der Waals surface area contributed by atoms with Crippen LogP contribution in [0.15, 0.2) is 34.3 Å². The zero-order valence-corrected chi connectivity index (χ0v) is 13.2. The average molecular weight is 332 g/mol. The number of hydrogen-bond acceptors (Lipinski definition) is 5. The number of sulfonamides is 1. The second kappa shape index (κ2) is 7.96. The Morgan fingerprint density at radius 1 is 1.38 bits per heavy atom. The van der Waals surface area contributed by atoms with Crippen molar-refractivity contribution in [2.24, 2.45) is 5.10 Å². The van der Waals surface area contributed by atoms with E-state index in [1.807, 2.05) is 6.92 Å². The van der Waals surface area contributed by atoms with Crippen LogP contribution in [0.5, 0.6) is 0 Å². The summed E-state index contributed by atoms with van der Waals surface area (Å²) in [6.07, 6.45) is 0. The molecule has 0 aromatic heterocycles. The van der Waals surface area contributed by atoms with Gasteiger partial charge in [-0.2, -0.15) is 0 Å². The number of benzene rings is 1. The van der Waals surface area contributed by atoms with Crippen molar-refractivity contribution in [2.45, 2.75) is 11.8 Å². The first-order valence-electron chi connectivity index (χ1n) is 5.95. The molecular formula is C11H16N4O4S2. The van der Waals surface area contributed by atoms with E-state index in [2.05, 4.69) is 15.1 Å². The molecule has 0 saturated heterocycles. The molecule has 0 radical (unpaired) electrons. The number of amidine groups is 1. The SMILES string of the molecule is CNC(=N[N+](=O)[O-])SCCNS(=O)(=O)c1ccc(C)cc1. The summed E-state index contributed by atoms with van der Waals surface area (Å²) in [5.74, 6) is 0.318. The summed E-state index contributed by atoms with van der Waals surface area (Å²) in [6, 6.07) is 6.48. The Hall–Kier alpha value is -1.65. The van der Waals surface area contributed by atoms with Gasteiger partial charge in [0.2, 0.25) is 15.2 Å². The first kappa shape index (κ1) is 17.4. The maximum Gasteiger partial charge on any atom is 0.240 e. The van der Waals surface area contributed by atoms with E-state index < -0.39 is 15.1 Å². The first-order valence-corrected chi connectivity index (χ1v) is 8.42. The number of aryl methyl sites for hydroxylation is 1. The minimum atomic E-state index is -3.56. The van der Waals surface area contributed by atoms with E-state index in [4.69, 9.17) is 0 Å². The first-order chi connectivity index (χ1) is 9.85. The highest BCUT2D eigenvalue weighted by Gasteiger charge is 2.13. The maximum atomic E-state index is 12.0. The molecule has 0 spiro atoms. The second-order valence-electron chi connectivity index (χ2n) is 3.95. The molecule has 116 valence electrons. The lowest BCUT2D eigenvalue weighted by Gasteiger charge is -2.07. The lowest BCUT2D eigenvalue weighted by molar-refractivity contribution is -0.484. The molecule has 0 heterocycles. The van der Waals surface area contributed by atoms with E-state index in [0.717, 1.165) is 17.3 Å². The zero-order valence-electron chi connectivity index (χ0n) is 11.6. The Balaban J connectivity index is 2.51. The minimum absolute atomic E-state index is 0.120. The number of thioether (sulfide) groups is 1. The van der Waals surface area contributed by atoms with Crippen molar-refractivity contribution < 1.29 is 13.5 Å². The van der Waals surface area contributed by atoms with Crippen LogP contribution in [0.2, 0.25) is 0 Å². The number of hydrogen-bond donors (Lipinski definition) is 2. The molecule has 8 nitrogen and oxygen atoms in total. The molecule has 10 heteroatoms. The van der Waals surface area contributed by atoms with Crippen LogP contribution in [-0.4, -0.2) is 38.0 Å². The molecule has 0 saturated carbocycles. The number of nitrogens with one attached hydrogen (secondary N) is 2. The molecule has 0 fully saturated rings. The van der Waals surface area contributed by atoms with Crippen LogP contribution in [-0.2, 0) is 10.0 Å². The number of rotatable bonds is 6. The van der Waals surface area contributed by atoms with Gasteiger partial charge in [-0.3, -0.25) is 0 Å². The Kier molecular flexibility index (Phi) is 6.59. The normalized spacial score (nSPS) is 12.2.